The number of halogens is 1. The van der Waals surface area contributed by atoms with Gasteiger partial charge in [0.25, 0.3) is 5.69 Å². The van der Waals surface area contributed by atoms with Crippen molar-refractivity contribution in [1.82, 2.24) is 0 Å². The molecule has 0 aliphatic heterocycles. The molecule has 0 fully saturated rings. The minimum atomic E-state index is -3.64. The van der Waals surface area contributed by atoms with Crippen molar-refractivity contribution in [3.05, 3.63) is 28.3 Å². The number of anilines is 1. The summed E-state index contributed by atoms with van der Waals surface area (Å²) in [4.78, 5) is 10.4. The quantitative estimate of drug-likeness (QED) is 0.323. The number of alkyl halides is 1. The van der Waals surface area contributed by atoms with Gasteiger partial charge in [-0.3, -0.25) is 14.8 Å². The SMILES string of the molecule is CCOc1ccc(NS(=O)(=O)CCCCCl)c([N+](=O)[O-])c1. The Morgan fingerprint density at radius 2 is 2.10 bits per heavy atom. The highest BCUT2D eigenvalue weighted by Gasteiger charge is 2.20. The number of unbranched alkanes of at least 4 members (excludes halogenated alkanes) is 1. The Hall–Kier alpha value is -1.54. The van der Waals surface area contributed by atoms with Gasteiger partial charge in [-0.15, -0.1) is 11.6 Å². The molecule has 1 N–H and O–H groups in total. The molecular formula is C12H17ClN2O5S. The van der Waals surface area contributed by atoms with Crippen LogP contribution in [0, 0.1) is 10.1 Å². The van der Waals surface area contributed by atoms with Crippen LogP contribution in [0.25, 0.3) is 0 Å². The van der Waals surface area contributed by atoms with Gasteiger partial charge in [0.2, 0.25) is 10.0 Å². The molecule has 0 heterocycles. The van der Waals surface area contributed by atoms with Gasteiger partial charge in [0.1, 0.15) is 11.4 Å². The third kappa shape index (κ3) is 5.76. The molecule has 0 amide bonds. The Bertz CT molecular complexity index is 591. The molecule has 0 saturated carbocycles. The fourth-order valence-corrected chi connectivity index (χ4v) is 2.99. The molecule has 118 valence electrons. The van der Waals surface area contributed by atoms with E-state index in [1.54, 1.807) is 6.92 Å². The van der Waals surface area contributed by atoms with Crippen molar-refractivity contribution in [2.75, 3.05) is 23.0 Å². The Labute approximate surface area is 128 Å². The molecule has 0 spiro atoms. The van der Waals surface area contributed by atoms with Crippen molar-refractivity contribution >= 4 is 33.0 Å². The number of benzene rings is 1. The summed E-state index contributed by atoms with van der Waals surface area (Å²) in [5.41, 5.74) is -0.420. The summed E-state index contributed by atoms with van der Waals surface area (Å²) in [6, 6.07) is 4.00. The molecule has 1 aromatic rings. The van der Waals surface area contributed by atoms with Crippen molar-refractivity contribution in [3.8, 4) is 5.75 Å². The molecule has 0 aliphatic rings. The number of rotatable bonds is 9. The fourth-order valence-electron chi connectivity index (χ4n) is 1.61. The Morgan fingerprint density at radius 3 is 2.67 bits per heavy atom. The zero-order chi connectivity index (χ0) is 15.9. The molecule has 0 unspecified atom stereocenters. The van der Waals surface area contributed by atoms with Crippen LogP contribution in [0.5, 0.6) is 5.75 Å². The predicted octanol–water partition coefficient (Wildman–Crippen LogP) is 2.75. The van der Waals surface area contributed by atoms with Crippen molar-refractivity contribution in [1.29, 1.82) is 0 Å². The number of hydrogen-bond acceptors (Lipinski definition) is 5. The Balaban J connectivity index is 2.94. The van der Waals surface area contributed by atoms with Crippen LogP contribution in [0.1, 0.15) is 19.8 Å². The molecule has 7 nitrogen and oxygen atoms in total. The third-order valence-corrected chi connectivity index (χ3v) is 4.16. The molecule has 0 radical (unpaired) electrons. The van der Waals surface area contributed by atoms with E-state index in [1.807, 2.05) is 0 Å². The van der Waals surface area contributed by atoms with Gasteiger partial charge in [-0.1, -0.05) is 0 Å². The van der Waals surface area contributed by atoms with E-state index >= 15 is 0 Å². The lowest BCUT2D eigenvalue weighted by Gasteiger charge is -2.09. The second-order valence-corrected chi connectivity index (χ2v) is 6.41. The maximum Gasteiger partial charge on any atom is 0.297 e. The van der Waals surface area contributed by atoms with E-state index < -0.39 is 14.9 Å². The summed E-state index contributed by atoms with van der Waals surface area (Å²) in [5, 5.41) is 11.0. The molecule has 21 heavy (non-hydrogen) atoms. The van der Waals surface area contributed by atoms with E-state index in [2.05, 4.69) is 4.72 Å². The van der Waals surface area contributed by atoms with Gasteiger partial charge in [0.05, 0.1) is 23.3 Å². The second kappa shape index (κ2) is 8.04. The number of ether oxygens (including phenoxy) is 1. The van der Waals surface area contributed by atoms with Crippen LogP contribution in [-0.2, 0) is 10.0 Å². The smallest absolute Gasteiger partial charge is 0.297 e. The first-order chi connectivity index (χ1) is 9.89. The lowest BCUT2D eigenvalue weighted by atomic mass is 10.2. The maximum atomic E-state index is 11.9. The summed E-state index contributed by atoms with van der Waals surface area (Å²) in [5.74, 6) is 0.553. The lowest BCUT2D eigenvalue weighted by molar-refractivity contribution is -0.384. The standard InChI is InChI=1S/C12H17ClN2O5S/c1-2-20-10-5-6-11(12(9-10)15(16)17)14-21(18,19)8-4-3-7-13/h5-6,9,14H,2-4,7-8H2,1H3. The minimum Gasteiger partial charge on any atom is -0.494 e. The average molecular weight is 337 g/mol. The maximum absolute atomic E-state index is 11.9. The minimum absolute atomic E-state index is 0.0747. The van der Waals surface area contributed by atoms with Gasteiger partial charge in [0, 0.05) is 5.88 Å². The van der Waals surface area contributed by atoms with Crippen LogP contribution in [0.15, 0.2) is 18.2 Å². The highest BCUT2D eigenvalue weighted by atomic mass is 35.5. The molecule has 0 bridgehead atoms. The molecular weight excluding hydrogens is 320 g/mol. The van der Waals surface area contributed by atoms with Gasteiger partial charge >= 0.3 is 0 Å². The topological polar surface area (TPSA) is 98.5 Å². The Morgan fingerprint density at radius 1 is 1.38 bits per heavy atom. The summed E-state index contributed by atoms with van der Waals surface area (Å²) >= 11 is 5.49. The van der Waals surface area contributed by atoms with Crippen LogP contribution in [-0.4, -0.2) is 31.6 Å². The fraction of sp³-hybridized carbons (Fsp3) is 0.500. The monoisotopic (exact) mass is 336 g/mol. The highest BCUT2D eigenvalue weighted by molar-refractivity contribution is 7.92. The first kappa shape index (κ1) is 17.5. The molecule has 1 rings (SSSR count). The zero-order valence-corrected chi connectivity index (χ0v) is 13.1. The van der Waals surface area contributed by atoms with E-state index in [-0.39, 0.29) is 17.1 Å². The van der Waals surface area contributed by atoms with E-state index in [4.69, 9.17) is 16.3 Å². The third-order valence-electron chi connectivity index (χ3n) is 2.54. The van der Waals surface area contributed by atoms with E-state index in [9.17, 15) is 18.5 Å². The van der Waals surface area contributed by atoms with Gasteiger partial charge in [-0.25, -0.2) is 8.42 Å². The summed E-state index contributed by atoms with van der Waals surface area (Å²) in [6.07, 6.45) is 0.956. The molecule has 0 aromatic heterocycles. The lowest BCUT2D eigenvalue weighted by Crippen LogP contribution is -2.17. The van der Waals surface area contributed by atoms with Crippen LogP contribution in [0.3, 0.4) is 0 Å². The van der Waals surface area contributed by atoms with Crippen LogP contribution in [0.4, 0.5) is 11.4 Å². The first-order valence-corrected chi connectivity index (χ1v) is 8.56. The predicted molar refractivity (Wildman–Crippen MR) is 81.6 cm³/mol. The number of hydrogen-bond donors (Lipinski definition) is 1. The van der Waals surface area contributed by atoms with Crippen LogP contribution < -0.4 is 9.46 Å². The number of nitrogens with one attached hydrogen (secondary N) is 1. The van der Waals surface area contributed by atoms with Crippen molar-refractivity contribution in [2.45, 2.75) is 19.8 Å². The van der Waals surface area contributed by atoms with Gasteiger partial charge in [-0.2, -0.15) is 0 Å². The van der Waals surface area contributed by atoms with Crippen molar-refractivity contribution < 1.29 is 18.1 Å². The van der Waals surface area contributed by atoms with Crippen molar-refractivity contribution in [2.24, 2.45) is 0 Å². The molecule has 0 aliphatic carbocycles. The largest absolute Gasteiger partial charge is 0.494 e. The Kier molecular flexibility index (Phi) is 6.70. The second-order valence-electron chi connectivity index (χ2n) is 4.19. The molecule has 0 atom stereocenters. The molecule has 1 aromatic carbocycles. The summed E-state index contributed by atoms with van der Waals surface area (Å²) in [6.45, 7) is 2.11. The van der Waals surface area contributed by atoms with Gasteiger partial charge in [0.15, 0.2) is 0 Å². The van der Waals surface area contributed by atoms with Crippen LogP contribution >= 0.6 is 11.6 Å². The van der Waals surface area contributed by atoms with E-state index in [1.165, 1.54) is 18.2 Å². The molecule has 0 saturated heterocycles. The molecule has 9 heteroatoms. The first-order valence-electron chi connectivity index (χ1n) is 6.37. The van der Waals surface area contributed by atoms with E-state index in [0.29, 0.717) is 31.1 Å². The van der Waals surface area contributed by atoms with Gasteiger partial charge in [-0.05, 0) is 31.9 Å². The summed E-state index contributed by atoms with van der Waals surface area (Å²) in [7, 11) is -3.64. The summed E-state index contributed by atoms with van der Waals surface area (Å²) < 4.78 is 31.1. The van der Waals surface area contributed by atoms with Gasteiger partial charge < -0.3 is 4.74 Å². The zero-order valence-electron chi connectivity index (χ0n) is 11.5. The average Bonchev–Trinajstić information content (AvgIpc) is 2.40. The number of nitro groups is 1. The normalized spacial score (nSPS) is 11.1. The number of nitro benzene ring substituents is 1. The highest BCUT2D eigenvalue weighted by Crippen LogP contribution is 2.30. The number of nitrogens with zero attached hydrogens (tertiary/aromatic N) is 1. The van der Waals surface area contributed by atoms with Crippen molar-refractivity contribution in [3.63, 3.8) is 0 Å². The van der Waals surface area contributed by atoms with Crippen LogP contribution in [0.2, 0.25) is 0 Å². The van der Waals surface area contributed by atoms with E-state index in [0.717, 1.165) is 0 Å². The number of sulfonamides is 1.